The van der Waals surface area contributed by atoms with Crippen LogP contribution in [0, 0.1) is 5.92 Å². The first kappa shape index (κ1) is 8.81. The Morgan fingerprint density at radius 3 is 3.00 bits per heavy atom. The fourth-order valence-corrected chi connectivity index (χ4v) is 1.62. The molecule has 2 fully saturated rings. The molecule has 74 valence electrons. The Morgan fingerprint density at radius 1 is 1.62 bits per heavy atom. The molecule has 13 heavy (non-hydrogen) atoms. The van der Waals surface area contributed by atoms with E-state index in [4.69, 9.17) is 4.74 Å². The molecule has 0 spiro atoms. The number of ether oxygens (including phenoxy) is 1. The highest BCUT2D eigenvalue weighted by atomic mass is 16.6. The largest absolute Gasteiger partial charge is 0.449 e. The average Bonchev–Trinajstić information content (AvgIpc) is 2.91. The zero-order chi connectivity index (χ0) is 9.26. The summed E-state index contributed by atoms with van der Waals surface area (Å²) in [7, 11) is 0. The molecule has 4 heteroatoms. The van der Waals surface area contributed by atoms with Gasteiger partial charge in [0.05, 0.1) is 19.3 Å². The number of aliphatic hydroxyl groups excluding tert-OH is 1. The summed E-state index contributed by atoms with van der Waals surface area (Å²) in [5.74, 6) is 0.426. The molecule has 1 aliphatic heterocycles. The predicted octanol–water partition coefficient (Wildman–Crippen LogP) is 0.600. The summed E-state index contributed by atoms with van der Waals surface area (Å²) in [6, 6.07) is 0. The van der Waals surface area contributed by atoms with E-state index in [1.54, 1.807) is 4.90 Å². The molecule has 1 saturated heterocycles. The first-order valence-corrected chi connectivity index (χ1v) is 4.87. The third-order valence-electron chi connectivity index (χ3n) is 2.63. The van der Waals surface area contributed by atoms with Crippen LogP contribution in [0.2, 0.25) is 0 Å². The van der Waals surface area contributed by atoms with Gasteiger partial charge in [-0.2, -0.15) is 0 Å². The minimum atomic E-state index is -0.342. The fourth-order valence-electron chi connectivity index (χ4n) is 1.62. The van der Waals surface area contributed by atoms with Gasteiger partial charge in [-0.1, -0.05) is 0 Å². The maximum atomic E-state index is 11.2. The average molecular weight is 185 g/mol. The van der Waals surface area contributed by atoms with E-state index in [9.17, 15) is 9.90 Å². The molecule has 1 amide bonds. The number of carbonyl (C=O) groups excluding carboxylic acids is 1. The number of nitrogens with zero attached hydrogens (tertiary/aromatic N) is 1. The maximum absolute atomic E-state index is 11.2. The lowest BCUT2D eigenvalue weighted by atomic mass is 10.2. The molecule has 1 N–H and O–H groups in total. The lowest BCUT2D eigenvalue weighted by molar-refractivity contribution is 0.0423. The normalized spacial score (nSPS) is 25.6. The number of hydrogen-bond acceptors (Lipinski definition) is 3. The quantitative estimate of drug-likeness (QED) is 0.700. The molecule has 0 radical (unpaired) electrons. The van der Waals surface area contributed by atoms with Crippen LogP contribution in [0.3, 0.4) is 0 Å². The van der Waals surface area contributed by atoms with Crippen molar-refractivity contribution in [1.82, 2.24) is 4.90 Å². The standard InChI is InChI=1S/C9H15NO3/c11-8(7-2-3-7)6-10-4-1-5-13-9(10)12/h7-8,11H,1-6H2. The molecule has 1 aliphatic carbocycles. The summed E-state index contributed by atoms with van der Waals surface area (Å²) in [5.41, 5.74) is 0. The van der Waals surface area contributed by atoms with E-state index in [-0.39, 0.29) is 12.2 Å². The van der Waals surface area contributed by atoms with Crippen LogP contribution >= 0.6 is 0 Å². The Hall–Kier alpha value is -0.770. The lowest BCUT2D eigenvalue weighted by Crippen LogP contribution is -2.42. The van der Waals surface area contributed by atoms with Gasteiger partial charge in [0, 0.05) is 6.54 Å². The van der Waals surface area contributed by atoms with Crippen molar-refractivity contribution in [1.29, 1.82) is 0 Å². The molecule has 1 saturated carbocycles. The monoisotopic (exact) mass is 185 g/mol. The Balaban J connectivity index is 1.81. The third kappa shape index (κ3) is 2.12. The van der Waals surface area contributed by atoms with Crippen molar-refractivity contribution >= 4 is 6.09 Å². The molecule has 0 bridgehead atoms. The molecule has 0 aromatic rings. The molecule has 2 aliphatic rings. The van der Waals surface area contributed by atoms with Gasteiger partial charge in [-0.3, -0.25) is 0 Å². The van der Waals surface area contributed by atoms with Crippen molar-refractivity contribution in [3.63, 3.8) is 0 Å². The van der Waals surface area contributed by atoms with Crippen molar-refractivity contribution in [3.8, 4) is 0 Å². The minimum Gasteiger partial charge on any atom is -0.449 e. The van der Waals surface area contributed by atoms with Gasteiger partial charge in [-0.15, -0.1) is 0 Å². The second-order valence-corrected chi connectivity index (χ2v) is 3.82. The number of amides is 1. The summed E-state index contributed by atoms with van der Waals surface area (Å²) in [4.78, 5) is 12.8. The van der Waals surface area contributed by atoms with Crippen LogP contribution in [0.15, 0.2) is 0 Å². The van der Waals surface area contributed by atoms with E-state index in [2.05, 4.69) is 0 Å². The molecular weight excluding hydrogens is 170 g/mol. The van der Waals surface area contributed by atoms with Crippen molar-refractivity contribution in [2.45, 2.75) is 25.4 Å². The summed E-state index contributed by atoms with van der Waals surface area (Å²) >= 11 is 0. The number of rotatable bonds is 3. The second kappa shape index (κ2) is 3.54. The van der Waals surface area contributed by atoms with Gasteiger partial charge in [0.2, 0.25) is 0 Å². The Kier molecular flexibility index (Phi) is 2.40. The Bertz CT molecular complexity index is 203. The van der Waals surface area contributed by atoms with Crippen molar-refractivity contribution in [2.75, 3.05) is 19.7 Å². The third-order valence-corrected chi connectivity index (χ3v) is 2.63. The van der Waals surface area contributed by atoms with E-state index in [1.807, 2.05) is 0 Å². The van der Waals surface area contributed by atoms with Crippen LogP contribution < -0.4 is 0 Å². The Labute approximate surface area is 77.5 Å². The van der Waals surface area contributed by atoms with Crippen molar-refractivity contribution in [3.05, 3.63) is 0 Å². The molecule has 1 unspecified atom stereocenters. The zero-order valence-electron chi connectivity index (χ0n) is 7.61. The minimum absolute atomic E-state index is 0.272. The number of cyclic esters (lactones) is 1. The highest BCUT2D eigenvalue weighted by Crippen LogP contribution is 2.33. The Morgan fingerprint density at radius 2 is 2.38 bits per heavy atom. The molecule has 4 nitrogen and oxygen atoms in total. The maximum Gasteiger partial charge on any atom is 0.409 e. The molecular formula is C9H15NO3. The van der Waals surface area contributed by atoms with Crippen LogP contribution in [-0.4, -0.2) is 41.9 Å². The van der Waals surface area contributed by atoms with Gasteiger partial charge in [0.15, 0.2) is 0 Å². The van der Waals surface area contributed by atoms with Gasteiger partial charge >= 0.3 is 6.09 Å². The molecule has 0 aromatic heterocycles. The summed E-state index contributed by atoms with van der Waals surface area (Å²) in [6.45, 7) is 1.70. The van der Waals surface area contributed by atoms with Crippen LogP contribution in [-0.2, 0) is 4.74 Å². The zero-order valence-corrected chi connectivity index (χ0v) is 7.61. The molecule has 2 rings (SSSR count). The lowest BCUT2D eigenvalue weighted by Gasteiger charge is -2.28. The molecule has 1 atom stereocenters. The second-order valence-electron chi connectivity index (χ2n) is 3.82. The van der Waals surface area contributed by atoms with Gasteiger partial charge < -0.3 is 14.7 Å². The first-order chi connectivity index (χ1) is 6.27. The summed E-state index contributed by atoms with van der Waals surface area (Å²) in [6.07, 6.45) is 2.47. The highest BCUT2D eigenvalue weighted by molar-refractivity contribution is 5.68. The van der Waals surface area contributed by atoms with Crippen LogP contribution in [0.4, 0.5) is 4.79 Å². The summed E-state index contributed by atoms with van der Waals surface area (Å²) < 4.78 is 4.87. The number of carbonyl (C=O) groups is 1. The highest BCUT2D eigenvalue weighted by Gasteiger charge is 2.32. The van der Waals surface area contributed by atoms with E-state index < -0.39 is 0 Å². The number of hydrogen-bond donors (Lipinski definition) is 1. The summed E-state index contributed by atoms with van der Waals surface area (Å²) in [5, 5.41) is 9.61. The van der Waals surface area contributed by atoms with Crippen molar-refractivity contribution < 1.29 is 14.6 Å². The van der Waals surface area contributed by atoms with Gasteiger partial charge in [0.25, 0.3) is 0 Å². The number of β-amino-alcohol motifs (C(OH)–C–C–N with tert-alkyl or cyclic N) is 1. The first-order valence-electron chi connectivity index (χ1n) is 4.87. The predicted molar refractivity (Wildman–Crippen MR) is 46.3 cm³/mol. The topological polar surface area (TPSA) is 49.8 Å². The number of aliphatic hydroxyl groups is 1. The van der Waals surface area contributed by atoms with E-state index >= 15 is 0 Å². The van der Waals surface area contributed by atoms with Crippen LogP contribution in [0.1, 0.15) is 19.3 Å². The molecule has 0 aromatic carbocycles. The fraction of sp³-hybridized carbons (Fsp3) is 0.889. The smallest absolute Gasteiger partial charge is 0.409 e. The van der Waals surface area contributed by atoms with E-state index in [1.165, 1.54) is 0 Å². The van der Waals surface area contributed by atoms with Gasteiger partial charge in [0.1, 0.15) is 0 Å². The SMILES string of the molecule is O=C1OCCCN1CC(O)C1CC1. The van der Waals surface area contributed by atoms with Crippen LogP contribution in [0.25, 0.3) is 0 Å². The van der Waals surface area contributed by atoms with Crippen LogP contribution in [0.5, 0.6) is 0 Å². The van der Waals surface area contributed by atoms with Gasteiger partial charge in [-0.05, 0) is 25.2 Å². The van der Waals surface area contributed by atoms with Crippen molar-refractivity contribution in [2.24, 2.45) is 5.92 Å². The van der Waals surface area contributed by atoms with E-state index in [0.717, 1.165) is 25.8 Å². The van der Waals surface area contributed by atoms with Gasteiger partial charge in [-0.25, -0.2) is 4.79 Å². The van der Waals surface area contributed by atoms with E-state index in [0.29, 0.717) is 19.1 Å². The molecule has 1 heterocycles.